The van der Waals surface area contributed by atoms with E-state index in [-0.39, 0.29) is 6.61 Å². The van der Waals surface area contributed by atoms with E-state index in [1.807, 2.05) is 6.20 Å². The van der Waals surface area contributed by atoms with E-state index in [0.717, 1.165) is 37.4 Å². The molecule has 0 radical (unpaired) electrons. The van der Waals surface area contributed by atoms with Crippen molar-refractivity contribution in [2.45, 2.75) is 25.9 Å². The Kier molecular flexibility index (Phi) is 3.06. The quantitative estimate of drug-likeness (QED) is 0.760. The van der Waals surface area contributed by atoms with Gasteiger partial charge in [-0.1, -0.05) is 0 Å². The van der Waals surface area contributed by atoms with Crippen LogP contribution in [0.2, 0.25) is 0 Å². The Labute approximate surface area is 83.0 Å². The maximum Gasteiger partial charge on any atom is 0.128 e. The van der Waals surface area contributed by atoms with Crippen LogP contribution in [0.15, 0.2) is 6.20 Å². The highest BCUT2D eigenvalue weighted by atomic mass is 16.5. The van der Waals surface area contributed by atoms with E-state index < -0.39 is 0 Å². The molecular formula is C10H14N2O2. The molecule has 0 spiro atoms. The Morgan fingerprint density at radius 2 is 2.43 bits per heavy atom. The van der Waals surface area contributed by atoms with Crippen LogP contribution >= 0.6 is 0 Å². The summed E-state index contributed by atoms with van der Waals surface area (Å²) in [4.78, 5) is 8.66. The summed E-state index contributed by atoms with van der Waals surface area (Å²) < 4.78 is 5.32. The predicted molar refractivity (Wildman–Crippen MR) is 50.8 cm³/mol. The van der Waals surface area contributed by atoms with Crippen molar-refractivity contribution in [3.05, 3.63) is 23.3 Å². The lowest BCUT2D eigenvalue weighted by Gasteiger charge is -2.15. The monoisotopic (exact) mass is 194 g/mol. The molecule has 0 fully saturated rings. The second kappa shape index (κ2) is 4.48. The van der Waals surface area contributed by atoms with Gasteiger partial charge in [0.05, 0.1) is 18.9 Å². The van der Waals surface area contributed by atoms with E-state index >= 15 is 0 Å². The first kappa shape index (κ1) is 9.55. The summed E-state index contributed by atoms with van der Waals surface area (Å²) in [6.07, 6.45) is 4.26. The van der Waals surface area contributed by atoms with Crippen LogP contribution in [0.4, 0.5) is 0 Å². The topological polar surface area (TPSA) is 55.2 Å². The standard InChI is InChI=1S/C10H14N2O2/c13-4-1-2-10-11-6-8-3-5-14-7-9(8)12-10/h6,13H,1-5,7H2. The van der Waals surface area contributed by atoms with Crippen LogP contribution in [0.1, 0.15) is 23.5 Å². The van der Waals surface area contributed by atoms with E-state index in [1.54, 1.807) is 0 Å². The lowest BCUT2D eigenvalue weighted by molar-refractivity contribution is 0.107. The van der Waals surface area contributed by atoms with Crippen LogP contribution in [0.3, 0.4) is 0 Å². The molecule has 0 unspecified atom stereocenters. The number of hydrogen-bond donors (Lipinski definition) is 1. The van der Waals surface area contributed by atoms with E-state index in [4.69, 9.17) is 9.84 Å². The average Bonchev–Trinajstić information content (AvgIpc) is 2.26. The molecule has 0 saturated carbocycles. The average molecular weight is 194 g/mol. The number of hydrogen-bond acceptors (Lipinski definition) is 4. The summed E-state index contributed by atoms with van der Waals surface area (Å²) in [6, 6.07) is 0. The number of aliphatic hydroxyl groups excluding tert-OH is 1. The summed E-state index contributed by atoms with van der Waals surface area (Å²) in [6.45, 7) is 1.56. The van der Waals surface area contributed by atoms with Gasteiger partial charge in [0.15, 0.2) is 0 Å². The van der Waals surface area contributed by atoms with Gasteiger partial charge in [-0.25, -0.2) is 9.97 Å². The zero-order chi connectivity index (χ0) is 9.80. The van der Waals surface area contributed by atoms with E-state index in [2.05, 4.69) is 9.97 Å². The molecule has 4 nitrogen and oxygen atoms in total. The minimum Gasteiger partial charge on any atom is -0.396 e. The van der Waals surface area contributed by atoms with Crippen LogP contribution in [0.5, 0.6) is 0 Å². The van der Waals surface area contributed by atoms with Gasteiger partial charge in [-0.3, -0.25) is 0 Å². The molecule has 2 heterocycles. The van der Waals surface area contributed by atoms with Gasteiger partial charge in [0.25, 0.3) is 0 Å². The SMILES string of the molecule is OCCCc1ncc2c(n1)COCC2. The third kappa shape index (κ3) is 2.08. The normalized spacial score (nSPS) is 15.2. The van der Waals surface area contributed by atoms with Gasteiger partial charge in [0.1, 0.15) is 5.82 Å². The lowest BCUT2D eigenvalue weighted by atomic mass is 10.1. The van der Waals surface area contributed by atoms with Crippen LogP contribution in [-0.4, -0.2) is 28.3 Å². The van der Waals surface area contributed by atoms with Gasteiger partial charge in [-0.05, 0) is 18.4 Å². The molecule has 0 aliphatic carbocycles. The van der Waals surface area contributed by atoms with Crippen molar-refractivity contribution < 1.29 is 9.84 Å². The van der Waals surface area contributed by atoms with Gasteiger partial charge in [0, 0.05) is 19.2 Å². The number of rotatable bonds is 3. The first-order valence-corrected chi connectivity index (χ1v) is 4.92. The summed E-state index contributed by atoms with van der Waals surface area (Å²) in [5.41, 5.74) is 2.21. The number of aryl methyl sites for hydroxylation is 1. The maximum absolute atomic E-state index is 8.69. The van der Waals surface area contributed by atoms with E-state index in [9.17, 15) is 0 Å². The van der Waals surface area contributed by atoms with Crippen LogP contribution in [-0.2, 0) is 24.2 Å². The Hall–Kier alpha value is -1.00. The number of fused-ring (bicyclic) bond motifs is 1. The third-order valence-electron chi connectivity index (χ3n) is 2.32. The molecule has 1 N–H and O–H groups in total. The molecule has 1 aromatic heterocycles. The fourth-order valence-corrected chi connectivity index (χ4v) is 1.53. The molecule has 2 rings (SSSR count). The zero-order valence-electron chi connectivity index (χ0n) is 8.07. The molecule has 1 aromatic rings. The molecule has 4 heteroatoms. The van der Waals surface area contributed by atoms with Crippen molar-refractivity contribution in [3.63, 3.8) is 0 Å². The van der Waals surface area contributed by atoms with Gasteiger partial charge in [-0.2, -0.15) is 0 Å². The predicted octanol–water partition coefficient (Wildman–Crippen LogP) is 0.474. The third-order valence-corrected chi connectivity index (χ3v) is 2.32. The highest BCUT2D eigenvalue weighted by Crippen LogP contribution is 2.13. The molecule has 1 aliphatic rings. The van der Waals surface area contributed by atoms with Crippen LogP contribution in [0.25, 0.3) is 0 Å². The van der Waals surface area contributed by atoms with Gasteiger partial charge >= 0.3 is 0 Å². The number of aliphatic hydroxyl groups is 1. The fraction of sp³-hybridized carbons (Fsp3) is 0.600. The smallest absolute Gasteiger partial charge is 0.128 e. The Morgan fingerprint density at radius 1 is 1.50 bits per heavy atom. The van der Waals surface area contributed by atoms with Gasteiger partial charge in [0.2, 0.25) is 0 Å². The second-order valence-corrected chi connectivity index (χ2v) is 3.39. The van der Waals surface area contributed by atoms with E-state index in [1.165, 1.54) is 5.56 Å². The molecule has 0 aromatic carbocycles. The Balaban J connectivity index is 2.12. The van der Waals surface area contributed by atoms with Crippen molar-refractivity contribution in [1.82, 2.24) is 9.97 Å². The van der Waals surface area contributed by atoms with Gasteiger partial charge < -0.3 is 9.84 Å². The molecule has 0 saturated heterocycles. The molecular weight excluding hydrogens is 180 g/mol. The van der Waals surface area contributed by atoms with Crippen molar-refractivity contribution in [2.24, 2.45) is 0 Å². The van der Waals surface area contributed by atoms with Crippen molar-refractivity contribution in [1.29, 1.82) is 0 Å². The molecule has 76 valence electrons. The van der Waals surface area contributed by atoms with Crippen molar-refractivity contribution in [3.8, 4) is 0 Å². The number of nitrogens with zero attached hydrogens (tertiary/aromatic N) is 2. The summed E-state index contributed by atoms with van der Waals surface area (Å²) in [5, 5.41) is 8.69. The van der Waals surface area contributed by atoms with Crippen molar-refractivity contribution in [2.75, 3.05) is 13.2 Å². The Morgan fingerprint density at radius 3 is 3.29 bits per heavy atom. The number of ether oxygens (including phenoxy) is 1. The molecule has 14 heavy (non-hydrogen) atoms. The second-order valence-electron chi connectivity index (χ2n) is 3.39. The molecule has 0 atom stereocenters. The zero-order valence-corrected chi connectivity index (χ0v) is 8.07. The van der Waals surface area contributed by atoms with Crippen LogP contribution in [0, 0.1) is 0 Å². The summed E-state index contributed by atoms with van der Waals surface area (Å²) in [7, 11) is 0. The first-order valence-electron chi connectivity index (χ1n) is 4.92. The Bertz CT molecular complexity index is 315. The summed E-state index contributed by atoms with van der Waals surface area (Å²) in [5.74, 6) is 0.809. The maximum atomic E-state index is 8.69. The summed E-state index contributed by atoms with van der Waals surface area (Å²) >= 11 is 0. The molecule has 0 bridgehead atoms. The van der Waals surface area contributed by atoms with Gasteiger partial charge in [-0.15, -0.1) is 0 Å². The minimum absolute atomic E-state index is 0.191. The van der Waals surface area contributed by atoms with E-state index in [0.29, 0.717) is 6.61 Å². The fourth-order valence-electron chi connectivity index (χ4n) is 1.53. The lowest BCUT2D eigenvalue weighted by Crippen LogP contribution is -2.14. The van der Waals surface area contributed by atoms with Crippen LogP contribution < -0.4 is 0 Å². The largest absolute Gasteiger partial charge is 0.396 e. The number of aromatic nitrogens is 2. The van der Waals surface area contributed by atoms with Crippen molar-refractivity contribution >= 4 is 0 Å². The highest BCUT2D eigenvalue weighted by molar-refractivity contribution is 5.18. The molecule has 1 aliphatic heterocycles. The first-order chi connectivity index (χ1) is 6.90. The molecule has 0 amide bonds. The highest BCUT2D eigenvalue weighted by Gasteiger charge is 2.11. The minimum atomic E-state index is 0.191.